The maximum absolute atomic E-state index is 12.1. The standard InChI is InChI=1S/C13H26N2O4S/c1-13(2,6-9-16)10-14-12(17)11-4-7-15(8-5-11)20(3,18)19/h11,16H,4-10H2,1-3H3,(H,14,17). The highest BCUT2D eigenvalue weighted by Gasteiger charge is 2.29. The normalized spacial score (nSPS) is 19.0. The number of aliphatic hydroxyl groups excluding tert-OH is 1. The third-order valence-corrected chi connectivity index (χ3v) is 5.13. The van der Waals surface area contributed by atoms with Gasteiger partial charge in [-0.3, -0.25) is 4.79 Å². The summed E-state index contributed by atoms with van der Waals surface area (Å²) in [5, 5.41) is 11.9. The number of carbonyl (C=O) groups excluding carboxylic acids is 1. The molecule has 1 amide bonds. The van der Waals surface area contributed by atoms with Gasteiger partial charge in [0.05, 0.1) is 6.26 Å². The SMILES string of the molecule is CC(C)(CCO)CNC(=O)C1CCN(S(C)(=O)=O)CC1. The molecule has 6 nitrogen and oxygen atoms in total. The molecule has 0 aromatic heterocycles. The fourth-order valence-electron chi connectivity index (χ4n) is 2.31. The zero-order chi connectivity index (χ0) is 15.4. The van der Waals surface area contributed by atoms with Crippen LogP contribution < -0.4 is 5.32 Å². The van der Waals surface area contributed by atoms with E-state index in [1.54, 1.807) is 0 Å². The molecule has 0 unspecified atom stereocenters. The van der Waals surface area contributed by atoms with E-state index < -0.39 is 10.0 Å². The third kappa shape index (κ3) is 5.38. The molecule has 0 spiro atoms. The largest absolute Gasteiger partial charge is 0.396 e. The Morgan fingerprint density at radius 1 is 1.35 bits per heavy atom. The molecule has 0 aromatic rings. The summed E-state index contributed by atoms with van der Waals surface area (Å²) in [4.78, 5) is 12.1. The van der Waals surface area contributed by atoms with Crippen molar-refractivity contribution >= 4 is 15.9 Å². The second-order valence-electron chi connectivity index (χ2n) is 6.29. The van der Waals surface area contributed by atoms with Crippen molar-refractivity contribution in [2.45, 2.75) is 33.1 Å². The van der Waals surface area contributed by atoms with E-state index in [9.17, 15) is 13.2 Å². The molecule has 2 N–H and O–H groups in total. The zero-order valence-electron chi connectivity index (χ0n) is 12.6. The zero-order valence-corrected chi connectivity index (χ0v) is 13.4. The van der Waals surface area contributed by atoms with Crippen LogP contribution in [0.15, 0.2) is 0 Å². The van der Waals surface area contributed by atoms with Crippen LogP contribution in [-0.2, 0) is 14.8 Å². The molecule has 1 saturated heterocycles. The Morgan fingerprint density at radius 3 is 2.35 bits per heavy atom. The lowest BCUT2D eigenvalue weighted by molar-refractivity contribution is -0.126. The minimum Gasteiger partial charge on any atom is -0.396 e. The molecule has 0 aliphatic carbocycles. The molecule has 1 rings (SSSR count). The van der Waals surface area contributed by atoms with Crippen molar-refractivity contribution in [2.24, 2.45) is 11.3 Å². The molecule has 0 aromatic carbocycles. The number of sulfonamides is 1. The van der Waals surface area contributed by atoms with Gasteiger partial charge in [-0.05, 0) is 24.7 Å². The first-order chi connectivity index (χ1) is 9.15. The predicted molar refractivity (Wildman–Crippen MR) is 77.6 cm³/mol. The first-order valence-corrected chi connectivity index (χ1v) is 8.84. The minimum absolute atomic E-state index is 0.0100. The minimum atomic E-state index is -3.14. The van der Waals surface area contributed by atoms with Crippen LogP contribution in [0.3, 0.4) is 0 Å². The van der Waals surface area contributed by atoms with Crippen LogP contribution in [0.25, 0.3) is 0 Å². The Kier molecular flexibility index (Phi) is 5.97. The maximum Gasteiger partial charge on any atom is 0.223 e. The molecule has 0 atom stereocenters. The highest BCUT2D eigenvalue weighted by molar-refractivity contribution is 7.88. The number of rotatable bonds is 6. The summed E-state index contributed by atoms with van der Waals surface area (Å²) in [7, 11) is -3.14. The Labute approximate surface area is 121 Å². The molecule has 7 heteroatoms. The first-order valence-electron chi connectivity index (χ1n) is 6.99. The number of nitrogens with one attached hydrogen (secondary N) is 1. The summed E-state index contributed by atoms with van der Waals surface area (Å²) in [6.45, 7) is 5.45. The monoisotopic (exact) mass is 306 g/mol. The van der Waals surface area contributed by atoms with E-state index in [4.69, 9.17) is 5.11 Å². The Bertz CT molecular complexity index is 426. The van der Waals surface area contributed by atoms with Crippen LogP contribution in [0.4, 0.5) is 0 Å². The summed E-state index contributed by atoms with van der Waals surface area (Å²) < 4.78 is 24.2. The van der Waals surface area contributed by atoms with Crippen molar-refractivity contribution in [3.8, 4) is 0 Å². The van der Waals surface area contributed by atoms with Gasteiger partial charge in [0.1, 0.15) is 0 Å². The summed E-state index contributed by atoms with van der Waals surface area (Å²) in [6.07, 6.45) is 2.98. The lowest BCUT2D eigenvalue weighted by Gasteiger charge is -2.30. The van der Waals surface area contributed by atoms with E-state index in [0.29, 0.717) is 38.9 Å². The molecule has 1 aliphatic heterocycles. The summed E-state index contributed by atoms with van der Waals surface area (Å²) in [5.74, 6) is -0.123. The number of piperidine rings is 1. The van der Waals surface area contributed by atoms with Crippen molar-refractivity contribution in [2.75, 3.05) is 32.5 Å². The molecule has 118 valence electrons. The number of amides is 1. The smallest absolute Gasteiger partial charge is 0.223 e. The highest BCUT2D eigenvalue weighted by atomic mass is 32.2. The second kappa shape index (κ2) is 6.87. The van der Waals surface area contributed by atoms with Crippen molar-refractivity contribution in [3.05, 3.63) is 0 Å². The lowest BCUT2D eigenvalue weighted by Crippen LogP contribution is -2.44. The van der Waals surface area contributed by atoms with Crippen LogP contribution >= 0.6 is 0 Å². The molecule has 1 heterocycles. The van der Waals surface area contributed by atoms with E-state index in [1.807, 2.05) is 13.8 Å². The Balaban J connectivity index is 2.40. The molecule has 20 heavy (non-hydrogen) atoms. The van der Waals surface area contributed by atoms with Gasteiger partial charge in [0.25, 0.3) is 0 Å². The highest BCUT2D eigenvalue weighted by Crippen LogP contribution is 2.21. The molecule has 0 saturated carbocycles. The third-order valence-electron chi connectivity index (χ3n) is 3.82. The van der Waals surface area contributed by atoms with Gasteiger partial charge in [0.15, 0.2) is 0 Å². The number of aliphatic hydroxyl groups is 1. The Morgan fingerprint density at radius 2 is 1.90 bits per heavy atom. The molecular weight excluding hydrogens is 280 g/mol. The van der Waals surface area contributed by atoms with Gasteiger partial charge in [-0.15, -0.1) is 0 Å². The average molecular weight is 306 g/mol. The van der Waals surface area contributed by atoms with Gasteiger partial charge in [0.2, 0.25) is 15.9 Å². The first kappa shape index (κ1) is 17.4. The molecule has 0 bridgehead atoms. The Hall–Kier alpha value is -0.660. The van der Waals surface area contributed by atoms with Crippen molar-refractivity contribution in [3.63, 3.8) is 0 Å². The van der Waals surface area contributed by atoms with Crippen molar-refractivity contribution in [1.82, 2.24) is 9.62 Å². The quantitative estimate of drug-likeness (QED) is 0.733. The van der Waals surface area contributed by atoms with Crippen LogP contribution in [-0.4, -0.2) is 56.2 Å². The molecule has 1 fully saturated rings. The van der Waals surface area contributed by atoms with Crippen LogP contribution in [0.5, 0.6) is 0 Å². The van der Waals surface area contributed by atoms with Gasteiger partial charge in [-0.25, -0.2) is 12.7 Å². The van der Waals surface area contributed by atoms with E-state index in [-0.39, 0.29) is 23.8 Å². The van der Waals surface area contributed by atoms with Crippen LogP contribution in [0, 0.1) is 11.3 Å². The fraction of sp³-hybridized carbons (Fsp3) is 0.923. The van der Waals surface area contributed by atoms with Crippen LogP contribution in [0.2, 0.25) is 0 Å². The summed E-state index contributed by atoms with van der Waals surface area (Å²) in [6, 6.07) is 0. The van der Waals surface area contributed by atoms with Gasteiger partial charge in [-0.1, -0.05) is 13.8 Å². The average Bonchev–Trinajstić information content (AvgIpc) is 2.35. The number of nitrogens with zero attached hydrogens (tertiary/aromatic N) is 1. The number of hydrogen-bond acceptors (Lipinski definition) is 4. The summed E-state index contributed by atoms with van der Waals surface area (Å²) in [5.41, 5.74) is -0.127. The van der Waals surface area contributed by atoms with Gasteiger partial charge >= 0.3 is 0 Å². The second-order valence-corrected chi connectivity index (χ2v) is 8.27. The van der Waals surface area contributed by atoms with E-state index in [1.165, 1.54) is 10.6 Å². The summed E-state index contributed by atoms with van der Waals surface area (Å²) >= 11 is 0. The molecular formula is C13H26N2O4S. The maximum atomic E-state index is 12.1. The fourth-order valence-corrected chi connectivity index (χ4v) is 3.19. The molecule has 1 aliphatic rings. The lowest BCUT2D eigenvalue weighted by atomic mass is 9.89. The topological polar surface area (TPSA) is 86.7 Å². The van der Waals surface area contributed by atoms with E-state index >= 15 is 0 Å². The molecule has 0 radical (unpaired) electrons. The number of hydrogen-bond donors (Lipinski definition) is 2. The van der Waals surface area contributed by atoms with Gasteiger partial charge < -0.3 is 10.4 Å². The predicted octanol–water partition coefficient (Wildman–Crippen LogP) is 0.183. The van der Waals surface area contributed by atoms with E-state index in [0.717, 1.165) is 0 Å². The van der Waals surface area contributed by atoms with Crippen LogP contribution in [0.1, 0.15) is 33.1 Å². The van der Waals surface area contributed by atoms with Gasteiger partial charge in [-0.2, -0.15) is 0 Å². The van der Waals surface area contributed by atoms with E-state index in [2.05, 4.69) is 5.32 Å². The van der Waals surface area contributed by atoms with Gasteiger partial charge in [0, 0.05) is 32.2 Å². The number of carbonyl (C=O) groups is 1. The van der Waals surface area contributed by atoms with Crippen molar-refractivity contribution < 1.29 is 18.3 Å². The van der Waals surface area contributed by atoms with Crippen molar-refractivity contribution in [1.29, 1.82) is 0 Å².